The highest BCUT2D eigenvalue weighted by Gasteiger charge is 2.48. The lowest BCUT2D eigenvalue weighted by atomic mass is 10.1. The molecule has 0 spiro atoms. The number of aromatic nitrogens is 3. The molecule has 0 unspecified atom stereocenters. The van der Waals surface area contributed by atoms with Crippen LogP contribution in [-0.2, 0) is 28.9 Å². The summed E-state index contributed by atoms with van der Waals surface area (Å²) in [5.41, 5.74) is 4.47. The van der Waals surface area contributed by atoms with Crippen molar-refractivity contribution in [3.63, 3.8) is 0 Å². The molecule has 28 heavy (non-hydrogen) atoms. The van der Waals surface area contributed by atoms with Gasteiger partial charge in [0.05, 0.1) is 36.4 Å². The quantitative estimate of drug-likeness (QED) is 0.641. The Bertz CT molecular complexity index is 910. The molecule has 0 aliphatic carbocycles. The molecular weight excluding hydrogens is 352 g/mol. The first-order chi connectivity index (χ1) is 13.8. The van der Waals surface area contributed by atoms with E-state index in [2.05, 4.69) is 64.2 Å². The first-order valence-electron chi connectivity index (χ1n) is 9.87. The van der Waals surface area contributed by atoms with Crippen molar-refractivity contribution < 1.29 is 9.47 Å². The zero-order valence-electron chi connectivity index (χ0n) is 15.7. The van der Waals surface area contributed by atoms with Crippen LogP contribution in [0.15, 0.2) is 60.8 Å². The number of fused-ring (bicyclic) bond motifs is 1. The Morgan fingerprint density at radius 1 is 1.00 bits per heavy atom. The summed E-state index contributed by atoms with van der Waals surface area (Å²) in [6, 6.07) is 18.7. The molecule has 2 aliphatic rings. The molecule has 0 bridgehead atoms. The number of rotatable bonds is 7. The largest absolute Gasteiger partial charge is 0.369 e. The van der Waals surface area contributed by atoms with Gasteiger partial charge in [-0.2, -0.15) is 0 Å². The van der Waals surface area contributed by atoms with Crippen molar-refractivity contribution in [2.24, 2.45) is 0 Å². The Morgan fingerprint density at radius 3 is 2.71 bits per heavy atom. The minimum Gasteiger partial charge on any atom is -0.369 e. The second-order valence-electron chi connectivity index (χ2n) is 7.45. The van der Waals surface area contributed by atoms with Crippen LogP contribution in [0, 0.1) is 0 Å². The number of nitrogens with zero attached hydrogens (tertiary/aromatic N) is 3. The predicted octanol–water partition coefficient (Wildman–Crippen LogP) is 2.31. The van der Waals surface area contributed by atoms with Gasteiger partial charge in [0.1, 0.15) is 6.10 Å². The van der Waals surface area contributed by atoms with Crippen LogP contribution in [0.4, 0.5) is 0 Å². The molecular formula is C22H24N4O2. The van der Waals surface area contributed by atoms with E-state index >= 15 is 0 Å². The minimum atomic E-state index is 0.154. The maximum absolute atomic E-state index is 6.02. The van der Waals surface area contributed by atoms with Crippen molar-refractivity contribution in [3.05, 3.63) is 77.6 Å². The van der Waals surface area contributed by atoms with Crippen LogP contribution in [0.1, 0.15) is 16.8 Å². The summed E-state index contributed by atoms with van der Waals surface area (Å²) in [6.07, 6.45) is 4.65. The van der Waals surface area contributed by atoms with Crippen molar-refractivity contribution >= 4 is 0 Å². The van der Waals surface area contributed by atoms with Gasteiger partial charge in [-0.1, -0.05) is 47.7 Å². The van der Waals surface area contributed by atoms with Gasteiger partial charge in [0, 0.05) is 13.1 Å². The zero-order chi connectivity index (χ0) is 18.8. The Labute approximate surface area is 164 Å². The molecule has 6 nitrogen and oxygen atoms in total. The van der Waals surface area contributed by atoms with Crippen molar-refractivity contribution in [2.45, 2.75) is 37.8 Å². The molecule has 0 amide bonds. The summed E-state index contributed by atoms with van der Waals surface area (Å²) in [5, 5.41) is 11.9. The smallest absolute Gasteiger partial charge is 0.113 e. The normalized spacial score (nSPS) is 23.4. The van der Waals surface area contributed by atoms with Gasteiger partial charge in [0.2, 0.25) is 0 Å². The number of ether oxygens (including phenoxy) is 2. The Morgan fingerprint density at radius 2 is 1.86 bits per heavy atom. The second kappa shape index (κ2) is 7.83. The summed E-state index contributed by atoms with van der Waals surface area (Å²) in [5.74, 6) is 0. The summed E-state index contributed by atoms with van der Waals surface area (Å²) >= 11 is 0. The van der Waals surface area contributed by atoms with E-state index in [-0.39, 0.29) is 12.2 Å². The van der Waals surface area contributed by atoms with E-state index in [0.717, 1.165) is 42.9 Å². The number of nitrogens with one attached hydrogen (secondary N) is 1. The van der Waals surface area contributed by atoms with E-state index < -0.39 is 0 Å². The Balaban J connectivity index is 1.16. The summed E-state index contributed by atoms with van der Waals surface area (Å²) in [6.45, 7) is 2.41. The molecule has 1 N–H and O–H groups in total. The molecule has 5 rings (SSSR count). The molecule has 3 aromatic rings. The number of benzene rings is 2. The second-order valence-corrected chi connectivity index (χ2v) is 7.45. The number of piperidine rings is 1. The van der Waals surface area contributed by atoms with Crippen LogP contribution >= 0.6 is 0 Å². The van der Waals surface area contributed by atoms with E-state index in [4.69, 9.17) is 9.47 Å². The lowest BCUT2D eigenvalue weighted by Crippen LogP contribution is -2.41. The third-order valence-corrected chi connectivity index (χ3v) is 5.40. The molecule has 3 atom stereocenters. The van der Waals surface area contributed by atoms with Gasteiger partial charge in [-0.05, 0) is 36.1 Å². The molecule has 0 radical (unpaired) electrons. The van der Waals surface area contributed by atoms with Gasteiger partial charge in [-0.25, -0.2) is 4.68 Å². The van der Waals surface area contributed by atoms with Crippen molar-refractivity contribution in [1.29, 1.82) is 0 Å². The van der Waals surface area contributed by atoms with Crippen LogP contribution < -0.4 is 5.32 Å². The zero-order valence-corrected chi connectivity index (χ0v) is 15.7. The lowest BCUT2D eigenvalue weighted by molar-refractivity contribution is 0.0211. The minimum absolute atomic E-state index is 0.154. The van der Waals surface area contributed by atoms with E-state index in [1.165, 1.54) is 5.56 Å². The monoisotopic (exact) mass is 376 g/mol. The van der Waals surface area contributed by atoms with E-state index in [0.29, 0.717) is 12.7 Å². The van der Waals surface area contributed by atoms with Crippen LogP contribution in [0.5, 0.6) is 0 Å². The SMILES string of the molecule is c1ccc(CCc2cn(-c3ccc(CO[C@H]4CNC[C@@H]5O[C@@H]45)cc3)nn2)cc1. The van der Waals surface area contributed by atoms with Crippen LogP contribution in [0.3, 0.4) is 0 Å². The number of epoxide rings is 1. The number of hydrogen-bond acceptors (Lipinski definition) is 5. The summed E-state index contributed by atoms with van der Waals surface area (Å²) in [7, 11) is 0. The highest BCUT2D eigenvalue weighted by molar-refractivity contribution is 5.33. The molecule has 3 heterocycles. The highest BCUT2D eigenvalue weighted by atomic mass is 16.6. The van der Waals surface area contributed by atoms with Crippen LogP contribution in [-0.4, -0.2) is 46.4 Å². The maximum Gasteiger partial charge on any atom is 0.113 e. The van der Waals surface area contributed by atoms with E-state index in [1.54, 1.807) is 0 Å². The topological polar surface area (TPSA) is 64.5 Å². The number of hydrogen-bond donors (Lipinski definition) is 1. The van der Waals surface area contributed by atoms with Crippen LogP contribution in [0.2, 0.25) is 0 Å². The highest BCUT2D eigenvalue weighted by Crippen LogP contribution is 2.29. The average molecular weight is 376 g/mol. The van der Waals surface area contributed by atoms with E-state index in [9.17, 15) is 0 Å². The third kappa shape index (κ3) is 3.99. The van der Waals surface area contributed by atoms with Gasteiger partial charge in [-0.15, -0.1) is 5.10 Å². The van der Waals surface area contributed by atoms with Gasteiger partial charge < -0.3 is 14.8 Å². The fourth-order valence-electron chi connectivity index (χ4n) is 3.69. The molecule has 144 valence electrons. The maximum atomic E-state index is 6.02. The van der Waals surface area contributed by atoms with Crippen molar-refractivity contribution in [2.75, 3.05) is 13.1 Å². The third-order valence-electron chi connectivity index (χ3n) is 5.40. The van der Waals surface area contributed by atoms with Crippen molar-refractivity contribution in [3.8, 4) is 5.69 Å². The van der Waals surface area contributed by atoms with Gasteiger partial charge in [-0.3, -0.25) is 0 Å². The fraction of sp³-hybridized carbons (Fsp3) is 0.364. The average Bonchev–Trinajstić information content (AvgIpc) is 3.41. The molecule has 2 fully saturated rings. The lowest BCUT2D eigenvalue weighted by Gasteiger charge is -2.20. The fourth-order valence-corrected chi connectivity index (χ4v) is 3.69. The van der Waals surface area contributed by atoms with Crippen LogP contribution in [0.25, 0.3) is 5.69 Å². The standard InChI is InChI=1S/C22H24N4O2/c1-2-4-16(5-3-1)6-9-18-14-26(25-24-18)19-10-7-17(8-11-19)15-27-20-12-23-13-21-22(20)28-21/h1-5,7-8,10-11,14,20-23H,6,9,12-13,15H2/t20-,21-,22-/m0/s1. The van der Waals surface area contributed by atoms with Gasteiger partial charge in [0.15, 0.2) is 0 Å². The molecule has 6 heteroatoms. The Kier molecular flexibility index (Phi) is 4.91. The first-order valence-corrected chi connectivity index (χ1v) is 9.87. The molecule has 2 saturated heterocycles. The number of aryl methyl sites for hydroxylation is 2. The Hall–Kier alpha value is -2.54. The van der Waals surface area contributed by atoms with Crippen molar-refractivity contribution in [1.82, 2.24) is 20.3 Å². The molecule has 0 saturated carbocycles. The molecule has 2 aromatic carbocycles. The summed E-state index contributed by atoms with van der Waals surface area (Å²) < 4.78 is 13.5. The van der Waals surface area contributed by atoms with E-state index in [1.807, 2.05) is 16.9 Å². The summed E-state index contributed by atoms with van der Waals surface area (Å²) in [4.78, 5) is 0. The van der Waals surface area contributed by atoms with Gasteiger partial charge >= 0.3 is 0 Å². The first kappa shape index (κ1) is 17.6. The predicted molar refractivity (Wildman–Crippen MR) is 105 cm³/mol. The molecule has 1 aromatic heterocycles. The van der Waals surface area contributed by atoms with Gasteiger partial charge in [0.25, 0.3) is 0 Å². The molecule has 2 aliphatic heterocycles.